The third kappa shape index (κ3) is 2.82. The molecule has 1 aromatic heterocycles. The predicted octanol–water partition coefficient (Wildman–Crippen LogP) is 1.38. The summed E-state index contributed by atoms with van der Waals surface area (Å²) in [5.74, 6) is 1.09. The van der Waals surface area contributed by atoms with Gasteiger partial charge in [-0.3, -0.25) is 4.90 Å². The Bertz CT molecular complexity index is 395. The normalized spacial score (nSPS) is 17.5. The third-order valence-corrected chi connectivity index (χ3v) is 3.79. The van der Waals surface area contributed by atoms with Crippen molar-refractivity contribution in [2.24, 2.45) is 5.73 Å². The number of hydrogen-bond donors (Lipinski definition) is 1. The molecule has 1 aromatic rings. The summed E-state index contributed by atoms with van der Waals surface area (Å²) in [6.45, 7) is 11.6. The first kappa shape index (κ1) is 13.3. The van der Waals surface area contributed by atoms with E-state index in [-0.39, 0.29) is 0 Å². The second-order valence-corrected chi connectivity index (χ2v) is 5.29. The lowest BCUT2D eigenvalue weighted by atomic mass is 10.1. The summed E-state index contributed by atoms with van der Waals surface area (Å²) in [6.07, 6.45) is 1.92. The van der Waals surface area contributed by atoms with Crippen LogP contribution in [0.3, 0.4) is 0 Å². The molecular formula is C14H24N4. The van der Waals surface area contributed by atoms with Crippen LogP contribution >= 0.6 is 0 Å². The van der Waals surface area contributed by atoms with Crippen molar-refractivity contribution in [1.82, 2.24) is 9.88 Å². The topological polar surface area (TPSA) is 45.4 Å². The Hall–Kier alpha value is -1.13. The summed E-state index contributed by atoms with van der Waals surface area (Å²) >= 11 is 0. The van der Waals surface area contributed by atoms with Crippen LogP contribution in [0, 0.1) is 6.92 Å². The van der Waals surface area contributed by atoms with Crippen LogP contribution in [0.2, 0.25) is 0 Å². The maximum Gasteiger partial charge on any atom is 0.128 e. The fourth-order valence-corrected chi connectivity index (χ4v) is 2.42. The minimum Gasteiger partial charge on any atom is -0.354 e. The minimum atomic E-state index is 0.570. The van der Waals surface area contributed by atoms with Gasteiger partial charge in [0, 0.05) is 45.0 Å². The number of piperazine rings is 1. The zero-order valence-electron chi connectivity index (χ0n) is 11.7. The van der Waals surface area contributed by atoms with Crippen LogP contribution in [0.1, 0.15) is 25.0 Å². The molecule has 0 atom stereocenters. The molecule has 0 radical (unpaired) electrons. The lowest BCUT2D eigenvalue weighted by Gasteiger charge is -2.37. The molecule has 0 bridgehead atoms. The molecule has 2 N–H and O–H groups in total. The Labute approximate surface area is 110 Å². The van der Waals surface area contributed by atoms with Crippen LogP contribution < -0.4 is 10.6 Å². The van der Waals surface area contributed by atoms with Crippen LogP contribution in [0.5, 0.6) is 0 Å². The second-order valence-electron chi connectivity index (χ2n) is 5.29. The SMILES string of the molecule is Cc1cc(N2CCN(C(C)C)CC2)ncc1CN. The number of aromatic nitrogens is 1. The lowest BCUT2D eigenvalue weighted by molar-refractivity contribution is 0.209. The highest BCUT2D eigenvalue weighted by Gasteiger charge is 2.19. The molecule has 18 heavy (non-hydrogen) atoms. The number of rotatable bonds is 3. The Morgan fingerprint density at radius 3 is 2.44 bits per heavy atom. The van der Waals surface area contributed by atoms with Crippen molar-refractivity contribution in [3.05, 3.63) is 23.4 Å². The van der Waals surface area contributed by atoms with Crippen molar-refractivity contribution in [3.8, 4) is 0 Å². The number of nitrogens with two attached hydrogens (primary N) is 1. The molecule has 0 saturated carbocycles. The number of nitrogens with zero attached hydrogens (tertiary/aromatic N) is 3. The fourth-order valence-electron chi connectivity index (χ4n) is 2.42. The maximum atomic E-state index is 5.67. The summed E-state index contributed by atoms with van der Waals surface area (Å²) in [4.78, 5) is 9.41. The molecule has 4 nitrogen and oxygen atoms in total. The van der Waals surface area contributed by atoms with Gasteiger partial charge in [0.05, 0.1) is 0 Å². The molecule has 1 fully saturated rings. The van der Waals surface area contributed by atoms with E-state index in [2.05, 4.69) is 41.6 Å². The molecule has 0 unspecified atom stereocenters. The standard InChI is InChI=1S/C14H24N4/c1-11(2)17-4-6-18(7-5-17)14-8-12(3)13(9-15)10-16-14/h8,10-11H,4-7,9,15H2,1-3H3. The monoisotopic (exact) mass is 248 g/mol. The Morgan fingerprint density at radius 1 is 1.28 bits per heavy atom. The van der Waals surface area contributed by atoms with Gasteiger partial charge < -0.3 is 10.6 Å². The zero-order valence-corrected chi connectivity index (χ0v) is 11.7. The maximum absolute atomic E-state index is 5.67. The highest BCUT2D eigenvalue weighted by atomic mass is 15.3. The molecule has 0 spiro atoms. The molecule has 1 saturated heterocycles. The van der Waals surface area contributed by atoms with E-state index in [0.29, 0.717) is 12.6 Å². The van der Waals surface area contributed by atoms with E-state index in [1.54, 1.807) is 0 Å². The molecule has 2 rings (SSSR count). The van der Waals surface area contributed by atoms with Crippen LogP contribution in [0.4, 0.5) is 5.82 Å². The van der Waals surface area contributed by atoms with Crippen LogP contribution in [-0.2, 0) is 6.54 Å². The molecule has 1 aliphatic heterocycles. The van der Waals surface area contributed by atoms with E-state index in [9.17, 15) is 0 Å². The highest BCUT2D eigenvalue weighted by molar-refractivity contribution is 5.43. The number of pyridine rings is 1. The summed E-state index contributed by atoms with van der Waals surface area (Å²) < 4.78 is 0. The number of aryl methyl sites for hydroxylation is 1. The van der Waals surface area contributed by atoms with Gasteiger partial charge in [0.1, 0.15) is 5.82 Å². The van der Waals surface area contributed by atoms with E-state index in [0.717, 1.165) is 37.6 Å². The third-order valence-electron chi connectivity index (χ3n) is 3.79. The highest BCUT2D eigenvalue weighted by Crippen LogP contribution is 2.18. The van der Waals surface area contributed by atoms with Gasteiger partial charge in [0.25, 0.3) is 0 Å². The van der Waals surface area contributed by atoms with Crippen LogP contribution in [0.25, 0.3) is 0 Å². The van der Waals surface area contributed by atoms with Crippen molar-refractivity contribution in [2.75, 3.05) is 31.1 Å². The summed E-state index contributed by atoms with van der Waals surface area (Å²) in [5.41, 5.74) is 8.05. The summed E-state index contributed by atoms with van der Waals surface area (Å²) in [5, 5.41) is 0. The first-order valence-corrected chi connectivity index (χ1v) is 6.76. The van der Waals surface area contributed by atoms with Gasteiger partial charge in [-0.1, -0.05) is 0 Å². The predicted molar refractivity (Wildman–Crippen MR) is 75.8 cm³/mol. The number of anilines is 1. The Balaban J connectivity index is 2.03. The van der Waals surface area contributed by atoms with E-state index < -0.39 is 0 Å². The molecule has 100 valence electrons. The first-order chi connectivity index (χ1) is 8.61. The van der Waals surface area contributed by atoms with Crippen molar-refractivity contribution in [1.29, 1.82) is 0 Å². The van der Waals surface area contributed by atoms with Gasteiger partial charge in [0.15, 0.2) is 0 Å². The summed E-state index contributed by atoms with van der Waals surface area (Å²) in [7, 11) is 0. The fraction of sp³-hybridized carbons (Fsp3) is 0.643. The average molecular weight is 248 g/mol. The summed E-state index contributed by atoms with van der Waals surface area (Å²) in [6, 6.07) is 2.80. The van der Waals surface area contributed by atoms with Gasteiger partial charge in [-0.05, 0) is 38.0 Å². The minimum absolute atomic E-state index is 0.570. The molecule has 0 amide bonds. The average Bonchev–Trinajstić information content (AvgIpc) is 2.38. The zero-order chi connectivity index (χ0) is 13.1. The molecule has 4 heteroatoms. The van der Waals surface area contributed by atoms with E-state index in [1.807, 2.05) is 6.20 Å². The molecule has 1 aliphatic rings. The van der Waals surface area contributed by atoms with Crippen LogP contribution in [0.15, 0.2) is 12.3 Å². The van der Waals surface area contributed by atoms with E-state index >= 15 is 0 Å². The lowest BCUT2D eigenvalue weighted by Crippen LogP contribution is -2.49. The molecular weight excluding hydrogens is 224 g/mol. The van der Waals surface area contributed by atoms with Gasteiger partial charge in [-0.25, -0.2) is 4.98 Å². The van der Waals surface area contributed by atoms with Crippen molar-refractivity contribution < 1.29 is 0 Å². The smallest absolute Gasteiger partial charge is 0.128 e. The van der Waals surface area contributed by atoms with Gasteiger partial charge in [0.2, 0.25) is 0 Å². The number of hydrogen-bond acceptors (Lipinski definition) is 4. The molecule has 0 aromatic carbocycles. The van der Waals surface area contributed by atoms with Gasteiger partial charge >= 0.3 is 0 Å². The van der Waals surface area contributed by atoms with Crippen molar-refractivity contribution in [2.45, 2.75) is 33.4 Å². The molecule has 2 heterocycles. The Morgan fingerprint density at radius 2 is 1.94 bits per heavy atom. The van der Waals surface area contributed by atoms with Gasteiger partial charge in [-0.2, -0.15) is 0 Å². The quantitative estimate of drug-likeness (QED) is 0.878. The van der Waals surface area contributed by atoms with Crippen LogP contribution in [-0.4, -0.2) is 42.1 Å². The largest absolute Gasteiger partial charge is 0.354 e. The van der Waals surface area contributed by atoms with Crippen molar-refractivity contribution >= 4 is 5.82 Å². The van der Waals surface area contributed by atoms with E-state index in [4.69, 9.17) is 5.73 Å². The Kier molecular flexibility index (Phi) is 4.19. The molecule has 0 aliphatic carbocycles. The van der Waals surface area contributed by atoms with E-state index in [1.165, 1.54) is 5.56 Å². The first-order valence-electron chi connectivity index (χ1n) is 6.76. The van der Waals surface area contributed by atoms with Gasteiger partial charge in [-0.15, -0.1) is 0 Å². The second kappa shape index (κ2) is 5.67. The van der Waals surface area contributed by atoms with Crippen molar-refractivity contribution in [3.63, 3.8) is 0 Å².